The number of barbiturate groups is 1. The number of hydrogen-bond acceptors (Lipinski definition) is 6. The largest absolute Gasteiger partial charge is 0.478 e. The second-order valence-corrected chi connectivity index (χ2v) is 3.92. The first-order valence-corrected chi connectivity index (χ1v) is 5.34. The zero-order chi connectivity index (χ0) is 14.9. The van der Waals surface area contributed by atoms with E-state index in [1.54, 1.807) is 10.6 Å². The summed E-state index contributed by atoms with van der Waals surface area (Å²) in [5.41, 5.74) is -3.18. The van der Waals surface area contributed by atoms with E-state index in [0.717, 1.165) is 0 Å². The molecule has 0 aromatic heterocycles. The van der Waals surface area contributed by atoms with Crippen LogP contribution in [0.15, 0.2) is 24.3 Å². The third-order valence-electron chi connectivity index (χ3n) is 2.58. The van der Waals surface area contributed by atoms with Crippen molar-refractivity contribution in [2.45, 2.75) is 5.72 Å². The fraction of sp³-hybridized carbons (Fsp3) is 0.0909. The van der Waals surface area contributed by atoms with Gasteiger partial charge in [-0.15, -0.1) is 0 Å². The molecule has 0 saturated carbocycles. The number of carboxylic acid groups (broad SMARTS) is 1. The number of hydrogen-bond donors (Lipinski definition) is 5. The Hall–Kier alpha value is -2.94. The van der Waals surface area contributed by atoms with Gasteiger partial charge < -0.3 is 15.5 Å². The summed E-state index contributed by atoms with van der Waals surface area (Å²) in [4.78, 5) is 45.0. The molecule has 1 fully saturated rings. The number of rotatable bonds is 3. The number of amides is 4. The van der Waals surface area contributed by atoms with Crippen molar-refractivity contribution in [3.05, 3.63) is 29.8 Å². The molecule has 9 heteroatoms. The summed E-state index contributed by atoms with van der Waals surface area (Å²) in [6.45, 7) is 0. The van der Waals surface area contributed by atoms with Crippen LogP contribution in [0.1, 0.15) is 10.4 Å². The summed E-state index contributed by atoms with van der Waals surface area (Å²) in [5, 5.41) is 24.5. The van der Waals surface area contributed by atoms with Gasteiger partial charge >= 0.3 is 12.0 Å². The Bertz CT molecular complexity index is 606. The molecule has 1 saturated heterocycles. The number of aromatic carboxylic acids is 1. The molecule has 0 spiro atoms. The van der Waals surface area contributed by atoms with Crippen LogP contribution in [0.25, 0.3) is 0 Å². The summed E-state index contributed by atoms with van der Waals surface area (Å²) < 4.78 is 0. The number of carboxylic acids is 1. The Morgan fingerprint density at radius 1 is 1.10 bits per heavy atom. The second-order valence-electron chi connectivity index (χ2n) is 3.92. The molecule has 1 aromatic rings. The molecule has 0 unspecified atom stereocenters. The van der Waals surface area contributed by atoms with Gasteiger partial charge in [0.05, 0.1) is 11.3 Å². The van der Waals surface area contributed by atoms with Crippen LogP contribution in [0.3, 0.4) is 0 Å². The highest BCUT2D eigenvalue weighted by atomic mass is 16.4. The molecule has 0 atom stereocenters. The molecule has 1 heterocycles. The van der Waals surface area contributed by atoms with Crippen LogP contribution in [0.2, 0.25) is 0 Å². The Morgan fingerprint density at radius 3 is 2.20 bits per heavy atom. The van der Waals surface area contributed by atoms with E-state index in [-0.39, 0.29) is 11.3 Å². The summed E-state index contributed by atoms with van der Waals surface area (Å²) in [5.74, 6) is -3.91. The van der Waals surface area contributed by atoms with E-state index in [9.17, 15) is 24.3 Å². The van der Waals surface area contributed by atoms with Gasteiger partial charge in [-0.25, -0.2) is 9.59 Å². The molecule has 5 N–H and O–H groups in total. The predicted octanol–water partition coefficient (Wildman–Crippen LogP) is -1.15. The van der Waals surface area contributed by atoms with Gasteiger partial charge in [-0.2, -0.15) is 0 Å². The van der Waals surface area contributed by atoms with Crippen LogP contribution in [-0.4, -0.2) is 39.8 Å². The normalized spacial score (nSPS) is 17.1. The van der Waals surface area contributed by atoms with Gasteiger partial charge in [0, 0.05) is 0 Å². The number of anilines is 1. The summed E-state index contributed by atoms with van der Waals surface area (Å²) in [6, 6.07) is 4.29. The van der Waals surface area contributed by atoms with Crippen LogP contribution in [0.5, 0.6) is 0 Å². The van der Waals surface area contributed by atoms with Crippen molar-refractivity contribution in [3.8, 4) is 0 Å². The molecule has 1 aromatic carbocycles. The van der Waals surface area contributed by atoms with Crippen LogP contribution in [0, 0.1) is 0 Å². The summed E-state index contributed by atoms with van der Waals surface area (Å²) >= 11 is 0. The van der Waals surface area contributed by atoms with Crippen molar-refractivity contribution >= 4 is 29.5 Å². The van der Waals surface area contributed by atoms with Crippen LogP contribution in [-0.2, 0) is 9.59 Å². The molecule has 104 valence electrons. The molecular weight excluding hydrogens is 270 g/mol. The number of imide groups is 2. The van der Waals surface area contributed by atoms with E-state index >= 15 is 0 Å². The van der Waals surface area contributed by atoms with Crippen molar-refractivity contribution in [3.63, 3.8) is 0 Å². The van der Waals surface area contributed by atoms with Crippen molar-refractivity contribution in [1.82, 2.24) is 10.6 Å². The highest BCUT2D eigenvalue weighted by molar-refractivity contribution is 6.22. The first kappa shape index (κ1) is 13.5. The lowest BCUT2D eigenvalue weighted by Gasteiger charge is -2.30. The summed E-state index contributed by atoms with van der Waals surface area (Å²) in [6.07, 6.45) is 0. The molecular formula is C11H9N3O6. The fourth-order valence-corrected chi connectivity index (χ4v) is 1.61. The summed E-state index contributed by atoms with van der Waals surface area (Å²) in [7, 11) is 0. The highest BCUT2D eigenvalue weighted by Gasteiger charge is 2.49. The van der Waals surface area contributed by atoms with E-state index in [2.05, 4.69) is 5.32 Å². The number of para-hydroxylation sites is 1. The lowest BCUT2D eigenvalue weighted by atomic mass is 10.1. The molecule has 20 heavy (non-hydrogen) atoms. The number of urea groups is 1. The molecule has 0 radical (unpaired) electrons. The smallest absolute Gasteiger partial charge is 0.337 e. The predicted molar refractivity (Wildman–Crippen MR) is 63.7 cm³/mol. The third-order valence-corrected chi connectivity index (χ3v) is 2.58. The molecule has 0 aliphatic carbocycles. The van der Waals surface area contributed by atoms with E-state index in [1.807, 2.05) is 0 Å². The van der Waals surface area contributed by atoms with Gasteiger partial charge in [-0.3, -0.25) is 20.2 Å². The quantitative estimate of drug-likeness (QED) is 0.347. The Kier molecular flexibility index (Phi) is 3.12. The zero-order valence-corrected chi connectivity index (χ0v) is 9.84. The SMILES string of the molecule is O=C1NC(=O)C(O)(Nc2ccccc2C(=O)O)C(=O)N1. The molecule has 0 bridgehead atoms. The van der Waals surface area contributed by atoms with Gasteiger partial charge in [0.25, 0.3) is 17.5 Å². The minimum absolute atomic E-state index is 0.151. The molecule has 4 amide bonds. The molecule has 9 nitrogen and oxygen atoms in total. The third kappa shape index (κ3) is 2.17. The minimum atomic E-state index is -2.78. The van der Waals surface area contributed by atoms with Crippen molar-refractivity contribution in [1.29, 1.82) is 0 Å². The standard InChI is InChI=1S/C11H9N3O6/c15-7(16)5-3-1-2-4-6(5)14-11(20)8(17)12-10(19)13-9(11)18/h1-4,14,20H,(H,15,16)(H2,12,13,17,18,19). The lowest BCUT2D eigenvalue weighted by Crippen LogP contribution is -2.70. The van der Waals surface area contributed by atoms with Gasteiger partial charge in [-0.05, 0) is 12.1 Å². The fourth-order valence-electron chi connectivity index (χ4n) is 1.61. The highest BCUT2D eigenvalue weighted by Crippen LogP contribution is 2.20. The van der Waals surface area contributed by atoms with Crippen LogP contribution in [0.4, 0.5) is 10.5 Å². The van der Waals surface area contributed by atoms with Gasteiger partial charge in [0.1, 0.15) is 0 Å². The van der Waals surface area contributed by atoms with Gasteiger partial charge in [0.15, 0.2) is 0 Å². The first-order valence-electron chi connectivity index (χ1n) is 5.34. The Balaban J connectivity index is 2.38. The average Bonchev–Trinajstić information content (AvgIpc) is 2.37. The number of carbonyl (C=O) groups is 4. The van der Waals surface area contributed by atoms with Crippen LogP contribution < -0.4 is 16.0 Å². The number of carbonyl (C=O) groups excluding carboxylic acids is 3. The number of aliphatic hydroxyl groups is 1. The maximum absolute atomic E-state index is 11.6. The van der Waals surface area contributed by atoms with Crippen molar-refractivity contribution in [2.24, 2.45) is 0 Å². The minimum Gasteiger partial charge on any atom is -0.478 e. The maximum atomic E-state index is 11.6. The van der Waals surface area contributed by atoms with Crippen LogP contribution >= 0.6 is 0 Å². The number of nitrogens with one attached hydrogen (secondary N) is 3. The van der Waals surface area contributed by atoms with E-state index in [1.165, 1.54) is 24.3 Å². The topological polar surface area (TPSA) is 145 Å². The monoisotopic (exact) mass is 279 g/mol. The second kappa shape index (κ2) is 4.63. The van der Waals surface area contributed by atoms with Gasteiger partial charge in [-0.1, -0.05) is 12.1 Å². The zero-order valence-electron chi connectivity index (χ0n) is 9.84. The van der Waals surface area contributed by atoms with Crippen molar-refractivity contribution in [2.75, 3.05) is 5.32 Å². The van der Waals surface area contributed by atoms with E-state index < -0.39 is 29.5 Å². The van der Waals surface area contributed by atoms with E-state index in [4.69, 9.17) is 5.11 Å². The first-order chi connectivity index (χ1) is 9.34. The Labute approximate surface area is 111 Å². The maximum Gasteiger partial charge on any atom is 0.337 e. The lowest BCUT2D eigenvalue weighted by molar-refractivity contribution is -0.151. The molecule has 1 aliphatic heterocycles. The Morgan fingerprint density at radius 2 is 1.65 bits per heavy atom. The number of benzene rings is 1. The molecule has 2 rings (SSSR count). The average molecular weight is 279 g/mol. The van der Waals surface area contributed by atoms with Crippen molar-refractivity contribution < 1.29 is 29.4 Å². The van der Waals surface area contributed by atoms with Gasteiger partial charge in [0.2, 0.25) is 0 Å². The van der Waals surface area contributed by atoms with E-state index in [0.29, 0.717) is 0 Å². The molecule has 1 aliphatic rings.